The van der Waals surface area contributed by atoms with Crippen LogP contribution in [0.15, 0.2) is 60.9 Å². The third-order valence-electron chi connectivity index (χ3n) is 4.58. The second-order valence-corrected chi connectivity index (χ2v) is 6.54. The lowest BCUT2D eigenvalue weighted by molar-refractivity contribution is 0.102. The van der Waals surface area contributed by atoms with Crippen molar-refractivity contribution in [2.75, 3.05) is 31.0 Å². The summed E-state index contributed by atoms with van der Waals surface area (Å²) in [6.07, 6.45) is 3.31. The lowest BCUT2D eigenvalue weighted by Gasteiger charge is -2.23. The lowest BCUT2D eigenvalue weighted by atomic mass is 10.1. The Balaban J connectivity index is 1.86. The van der Waals surface area contributed by atoms with Crippen molar-refractivity contribution in [1.29, 1.82) is 0 Å². The Hall–Kier alpha value is -3.54. The molecule has 150 valence electrons. The number of aryl methyl sites for hydroxylation is 1. The van der Waals surface area contributed by atoms with Crippen LogP contribution < -0.4 is 19.7 Å². The third-order valence-corrected chi connectivity index (χ3v) is 4.58. The number of rotatable bonds is 7. The van der Waals surface area contributed by atoms with Gasteiger partial charge in [-0.3, -0.25) is 9.78 Å². The Labute approximate surface area is 171 Å². The number of nitrogens with zero attached hydrogens (tertiary/aromatic N) is 2. The molecule has 29 heavy (non-hydrogen) atoms. The van der Waals surface area contributed by atoms with Crippen LogP contribution in [0.3, 0.4) is 0 Å². The molecule has 6 nitrogen and oxygen atoms in total. The summed E-state index contributed by atoms with van der Waals surface area (Å²) >= 11 is 0. The summed E-state index contributed by atoms with van der Waals surface area (Å²) in [6.45, 7) is 4.88. The van der Waals surface area contributed by atoms with Gasteiger partial charge in [-0.15, -0.1) is 0 Å². The number of amides is 1. The van der Waals surface area contributed by atoms with Crippen LogP contribution in [0.4, 0.5) is 17.1 Å². The van der Waals surface area contributed by atoms with Crippen molar-refractivity contribution in [2.45, 2.75) is 13.8 Å². The van der Waals surface area contributed by atoms with Crippen LogP contribution >= 0.6 is 0 Å². The minimum absolute atomic E-state index is 0.261. The molecule has 3 aromatic rings. The molecule has 2 aromatic carbocycles. The highest BCUT2D eigenvalue weighted by molar-refractivity contribution is 6.05. The SMILES string of the molecule is CCN(c1cccc(C)c1)c1cncc(C(=O)Nc2ccc(OC)cc2OC)c1. The molecule has 0 fully saturated rings. The Kier molecular flexibility index (Phi) is 6.34. The van der Waals surface area contributed by atoms with E-state index in [1.165, 1.54) is 5.56 Å². The van der Waals surface area contributed by atoms with Gasteiger partial charge in [0, 0.05) is 24.5 Å². The van der Waals surface area contributed by atoms with Crippen molar-refractivity contribution in [3.63, 3.8) is 0 Å². The van der Waals surface area contributed by atoms with E-state index in [-0.39, 0.29) is 5.91 Å². The van der Waals surface area contributed by atoms with Gasteiger partial charge >= 0.3 is 0 Å². The highest BCUT2D eigenvalue weighted by Gasteiger charge is 2.14. The maximum absolute atomic E-state index is 12.8. The molecular weight excluding hydrogens is 366 g/mol. The van der Waals surface area contributed by atoms with E-state index in [1.54, 1.807) is 44.8 Å². The molecule has 0 radical (unpaired) electrons. The fraction of sp³-hybridized carbons (Fsp3) is 0.217. The van der Waals surface area contributed by atoms with Gasteiger partial charge in [0.2, 0.25) is 0 Å². The highest BCUT2D eigenvalue weighted by Crippen LogP contribution is 2.30. The summed E-state index contributed by atoms with van der Waals surface area (Å²) in [5.41, 5.74) is 4.12. The molecule has 1 N–H and O–H groups in total. The van der Waals surface area contributed by atoms with E-state index in [1.807, 2.05) is 18.2 Å². The van der Waals surface area contributed by atoms with Crippen LogP contribution in [0.1, 0.15) is 22.8 Å². The number of nitrogens with one attached hydrogen (secondary N) is 1. The van der Waals surface area contributed by atoms with E-state index in [0.29, 0.717) is 22.7 Å². The predicted molar refractivity (Wildman–Crippen MR) is 116 cm³/mol. The minimum atomic E-state index is -0.261. The van der Waals surface area contributed by atoms with Crippen molar-refractivity contribution in [1.82, 2.24) is 4.98 Å². The Morgan fingerprint density at radius 3 is 2.55 bits per heavy atom. The minimum Gasteiger partial charge on any atom is -0.497 e. The van der Waals surface area contributed by atoms with Gasteiger partial charge in [0.1, 0.15) is 11.5 Å². The molecule has 0 aliphatic rings. The maximum Gasteiger partial charge on any atom is 0.257 e. The number of methoxy groups -OCH3 is 2. The summed E-state index contributed by atoms with van der Waals surface area (Å²) < 4.78 is 10.6. The van der Waals surface area contributed by atoms with Gasteiger partial charge in [-0.2, -0.15) is 0 Å². The van der Waals surface area contributed by atoms with Gasteiger partial charge < -0.3 is 19.7 Å². The summed E-state index contributed by atoms with van der Waals surface area (Å²) in [7, 11) is 3.13. The van der Waals surface area contributed by atoms with E-state index in [4.69, 9.17) is 9.47 Å². The van der Waals surface area contributed by atoms with Gasteiger partial charge in [0.15, 0.2) is 0 Å². The first-order chi connectivity index (χ1) is 14.0. The van der Waals surface area contributed by atoms with Crippen LogP contribution in [0.5, 0.6) is 11.5 Å². The molecule has 6 heteroatoms. The van der Waals surface area contributed by atoms with E-state index >= 15 is 0 Å². The van der Waals surface area contributed by atoms with Crippen LogP contribution in [0.25, 0.3) is 0 Å². The number of aromatic nitrogens is 1. The quantitative estimate of drug-likeness (QED) is 0.626. The molecule has 0 aliphatic carbocycles. The molecule has 1 amide bonds. The summed E-state index contributed by atoms with van der Waals surface area (Å²) in [5.74, 6) is 0.917. The number of hydrogen-bond acceptors (Lipinski definition) is 5. The van der Waals surface area contributed by atoms with Crippen molar-refractivity contribution in [3.05, 3.63) is 72.1 Å². The molecule has 0 unspecified atom stereocenters. The maximum atomic E-state index is 12.8. The van der Waals surface area contributed by atoms with Crippen LogP contribution in [0.2, 0.25) is 0 Å². The molecule has 0 aliphatic heterocycles. The van der Waals surface area contributed by atoms with Gasteiger partial charge in [0.05, 0.1) is 37.4 Å². The summed E-state index contributed by atoms with van der Waals surface area (Å²) in [5, 5.41) is 2.88. The Morgan fingerprint density at radius 1 is 1.03 bits per heavy atom. The average Bonchev–Trinajstić information content (AvgIpc) is 2.75. The standard InChI is InChI=1S/C23H25N3O3/c1-5-26(18-8-6-7-16(2)11-18)19-12-17(14-24-15-19)23(27)25-21-10-9-20(28-3)13-22(21)29-4/h6-15H,5H2,1-4H3,(H,25,27). The fourth-order valence-electron chi connectivity index (χ4n) is 3.11. The average molecular weight is 391 g/mol. The monoisotopic (exact) mass is 391 g/mol. The van der Waals surface area contributed by atoms with E-state index in [9.17, 15) is 4.79 Å². The molecule has 1 heterocycles. The first-order valence-electron chi connectivity index (χ1n) is 9.38. The largest absolute Gasteiger partial charge is 0.497 e. The van der Waals surface area contributed by atoms with Crippen LogP contribution in [-0.4, -0.2) is 31.7 Å². The number of benzene rings is 2. The number of hydrogen-bond donors (Lipinski definition) is 1. The van der Waals surface area contributed by atoms with Crippen molar-refractivity contribution in [3.8, 4) is 11.5 Å². The molecule has 0 bridgehead atoms. The van der Waals surface area contributed by atoms with Gasteiger partial charge in [0.25, 0.3) is 5.91 Å². The number of anilines is 3. The van der Waals surface area contributed by atoms with Crippen LogP contribution in [0, 0.1) is 6.92 Å². The van der Waals surface area contributed by atoms with Gasteiger partial charge in [-0.1, -0.05) is 12.1 Å². The molecule has 0 saturated carbocycles. The molecule has 0 atom stereocenters. The first kappa shape index (κ1) is 20.2. The number of carbonyl (C=O) groups is 1. The molecular formula is C23H25N3O3. The second kappa shape index (κ2) is 9.10. The summed E-state index contributed by atoms with van der Waals surface area (Å²) in [4.78, 5) is 19.2. The first-order valence-corrected chi connectivity index (χ1v) is 9.38. The molecule has 0 spiro atoms. The Bertz CT molecular complexity index is 1000. The molecule has 1 aromatic heterocycles. The van der Waals surface area contributed by atoms with E-state index < -0.39 is 0 Å². The van der Waals surface area contributed by atoms with Crippen LogP contribution in [-0.2, 0) is 0 Å². The molecule has 3 rings (SSSR count). The Morgan fingerprint density at radius 2 is 1.86 bits per heavy atom. The topological polar surface area (TPSA) is 63.7 Å². The lowest BCUT2D eigenvalue weighted by Crippen LogP contribution is -2.18. The fourth-order valence-corrected chi connectivity index (χ4v) is 3.11. The highest BCUT2D eigenvalue weighted by atomic mass is 16.5. The van der Waals surface area contributed by atoms with Crippen molar-refractivity contribution in [2.24, 2.45) is 0 Å². The normalized spacial score (nSPS) is 10.3. The zero-order chi connectivity index (χ0) is 20.8. The second-order valence-electron chi connectivity index (χ2n) is 6.54. The van der Waals surface area contributed by atoms with Gasteiger partial charge in [-0.25, -0.2) is 0 Å². The van der Waals surface area contributed by atoms with Crippen molar-refractivity contribution < 1.29 is 14.3 Å². The van der Waals surface area contributed by atoms with E-state index in [2.05, 4.69) is 41.2 Å². The summed E-state index contributed by atoms with van der Waals surface area (Å²) in [6, 6.07) is 15.3. The number of ether oxygens (including phenoxy) is 2. The smallest absolute Gasteiger partial charge is 0.257 e. The number of carbonyl (C=O) groups excluding carboxylic acids is 1. The number of pyridine rings is 1. The zero-order valence-corrected chi connectivity index (χ0v) is 17.1. The predicted octanol–water partition coefficient (Wildman–Crippen LogP) is 4.82. The van der Waals surface area contributed by atoms with Crippen molar-refractivity contribution >= 4 is 23.0 Å². The van der Waals surface area contributed by atoms with Gasteiger partial charge in [-0.05, 0) is 49.7 Å². The molecule has 0 saturated heterocycles. The third kappa shape index (κ3) is 4.66. The van der Waals surface area contributed by atoms with E-state index in [0.717, 1.165) is 17.9 Å². The zero-order valence-electron chi connectivity index (χ0n) is 17.1.